The van der Waals surface area contributed by atoms with Crippen molar-refractivity contribution in [3.8, 4) is 0 Å². The molecule has 3 rings (SSSR count). The molecule has 0 bridgehead atoms. The van der Waals surface area contributed by atoms with Crippen LogP contribution in [0.5, 0.6) is 0 Å². The van der Waals surface area contributed by atoms with Gasteiger partial charge in [0.15, 0.2) is 0 Å². The minimum absolute atomic E-state index is 0.102. The van der Waals surface area contributed by atoms with E-state index in [4.69, 9.17) is 0 Å². The number of nitrogens with zero attached hydrogens (tertiary/aromatic N) is 2. The van der Waals surface area contributed by atoms with E-state index in [1.807, 2.05) is 32.0 Å². The van der Waals surface area contributed by atoms with Crippen molar-refractivity contribution in [2.75, 3.05) is 30.4 Å². The molecule has 0 aliphatic carbocycles. The molecule has 1 fully saturated rings. The second-order valence-electron chi connectivity index (χ2n) is 9.83. The number of carbonyl (C=O) groups excluding carboxylic acids is 2. The number of para-hydroxylation sites is 1. The molecule has 0 spiro atoms. The summed E-state index contributed by atoms with van der Waals surface area (Å²) < 4.78 is 40.8. The summed E-state index contributed by atoms with van der Waals surface area (Å²) in [6.45, 7) is 9.46. The van der Waals surface area contributed by atoms with Gasteiger partial charge < -0.3 is 10.2 Å². The molecule has 0 saturated carbocycles. The van der Waals surface area contributed by atoms with Gasteiger partial charge in [0.25, 0.3) is 0 Å². The van der Waals surface area contributed by atoms with Crippen molar-refractivity contribution in [1.82, 2.24) is 4.90 Å². The molecule has 36 heavy (non-hydrogen) atoms. The van der Waals surface area contributed by atoms with Crippen molar-refractivity contribution in [3.05, 3.63) is 58.7 Å². The zero-order valence-corrected chi connectivity index (χ0v) is 21.7. The number of carbonyl (C=O) groups is 2. The molecule has 0 aromatic heterocycles. The Kier molecular flexibility index (Phi) is 8.82. The summed E-state index contributed by atoms with van der Waals surface area (Å²) in [6, 6.07) is 9.49. The third kappa shape index (κ3) is 6.46. The van der Waals surface area contributed by atoms with E-state index in [1.54, 1.807) is 31.9 Å². The van der Waals surface area contributed by atoms with Crippen molar-refractivity contribution >= 4 is 23.2 Å². The monoisotopic (exact) mass is 503 g/mol. The Morgan fingerprint density at radius 3 is 2.25 bits per heavy atom. The van der Waals surface area contributed by atoms with Gasteiger partial charge in [-0.2, -0.15) is 13.2 Å². The van der Waals surface area contributed by atoms with Gasteiger partial charge in [-0.3, -0.25) is 14.5 Å². The Balaban J connectivity index is 1.81. The molecule has 196 valence electrons. The third-order valence-corrected chi connectivity index (χ3v) is 7.07. The van der Waals surface area contributed by atoms with Gasteiger partial charge in [0.1, 0.15) is 0 Å². The number of hydrogen-bond acceptors (Lipinski definition) is 3. The van der Waals surface area contributed by atoms with Gasteiger partial charge >= 0.3 is 6.18 Å². The molecular formula is C28H36F3N3O2. The molecule has 8 heteroatoms. The van der Waals surface area contributed by atoms with Crippen molar-refractivity contribution < 1.29 is 22.8 Å². The van der Waals surface area contributed by atoms with E-state index in [2.05, 4.69) is 10.2 Å². The molecule has 2 amide bonds. The maximum absolute atomic E-state index is 13.6. The zero-order valence-electron chi connectivity index (χ0n) is 21.7. The normalized spacial score (nSPS) is 16.0. The smallest absolute Gasteiger partial charge is 0.326 e. The molecule has 1 aliphatic heterocycles. The van der Waals surface area contributed by atoms with Crippen molar-refractivity contribution in [2.24, 2.45) is 11.8 Å². The molecule has 2 unspecified atom stereocenters. The molecule has 2 aromatic carbocycles. The summed E-state index contributed by atoms with van der Waals surface area (Å²) in [5.74, 6) is -2.03. The fourth-order valence-corrected chi connectivity index (χ4v) is 5.14. The van der Waals surface area contributed by atoms with Crippen molar-refractivity contribution in [2.45, 2.75) is 59.7 Å². The first-order valence-corrected chi connectivity index (χ1v) is 12.5. The lowest BCUT2D eigenvalue weighted by Crippen LogP contribution is -2.40. The number of alkyl halides is 3. The van der Waals surface area contributed by atoms with Crippen LogP contribution in [0.15, 0.2) is 36.4 Å². The fourth-order valence-electron chi connectivity index (χ4n) is 5.14. The van der Waals surface area contributed by atoms with E-state index in [0.29, 0.717) is 18.5 Å². The van der Waals surface area contributed by atoms with Crippen LogP contribution in [-0.2, 0) is 22.3 Å². The summed E-state index contributed by atoms with van der Waals surface area (Å²) in [7, 11) is 1.69. The lowest BCUT2D eigenvalue weighted by atomic mass is 9.89. The number of rotatable bonds is 8. The topological polar surface area (TPSA) is 52.7 Å². The third-order valence-electron chi connectivity index (χ3n) is 7.07. The molecule has 1 aliphatic rings. The predicted molar refractivity (Wildman–Crippen MR) is 137 cm³/mol. The van der Waals surface area contributed by atoms with Crippen LogP contribution in [0, 0.1) is 25.7 Å². The molecule has 2 atom stereocenters. The standard InChI is InChI=1S/C28H36F3N3O2/c1-6-24(20(4)27(36)33(5)25-18(2)10-9-11-19(25)3)26(35)32-23-15-21(17-34-12-7-8-13-34)14-22(16-23)28(29,30)31/h9-11,14-16,20,24H,6-8,12-13,17H2,1-5H3,(H,32,35). The largest absolute Gasteiger partial charge is 0.416 e. The second kappa shape index (κ2) is 11.5. The molecule has 1 saturated heterocycles. The number of hydrogen-bond donors (Lipinski definition) is 1. The molecule has 2 aromatic rings. The maximum Gasteiger partial charge on any atom is 0.416 e. The van der Waals surface area contributed by atoms with E-state index in [0.717, 1.165) is 54.9 Å². The second-order valence-corrected chi connectivity index (χ2v) is 9.83. The van der Waals surface area contributed by atoms with Crippen LogP contribution in [0.4, 0.5) is 24.5 Å². The Morgan fingerprint density at radius 2 is 1.69 bits per heavy atom. The molecule has 1 N–H and O–H groups in total. The van der Waals surface area contributed by atoms with Gasteiger partial charge in [0.2, 0.25) is 11.8 Å². The van der Waals surface area contributed by atoms with Crippen LogP contribution in [0.3, 0.4) is 0 Å². The van der Waals surface area contributed by atoms with Crippen LogP contribution in [0.25, 0.3) is 0 Å². The van der Waals surface area contributed by atoms with E-state index >= 15 is 0 Å². The van der Waals surface area contributed by atoms with Gasteiger partial charge in [-0.1, -0.05) is 32.0 Å². The highest BCUT2D eigenvalue weighted by Gasteiger charge is 2.34. The summed E-state index contributed by atoms with van der Waals surface area (Å²) in [4.78, 5) is 30.2. The van der Waals surface area contributed by atoms with E-state index in [-0.39, 0.29) is 11.6 Å². The quantitative estimate of drug-likeness (QED) is 0.468. The lowest BCUT2D eigenvalue weighted by molar-refractivity contribution is -0.137. The number of halogens is 3. The first-order chi connectivity index (χ1) is 16.9. The Morgan fingerprint density at radius 1 is 1.08 bits per heavy atom. The van der Waals surface area contributed by atoms with Gasteiger partial charge in [0.05, 0.1) is 5.56 Å². The van der Waals surface area contributed by atoms with E-state index < -0.39 is 29.5 Å². The molecule has 5 nitrogen and oxygen atoms in total. The van der Waals surface area contributed by atoms with Crippen molar-refractivity contribution in [1.29, 1.82) is 0 Å². The predicted octanol–water partition coefficient (Wildman–Crippen LogP) is 6.18. The highest BCUT2D eigenvalue weighted by molar-refractivity contribution is 6.01. The van der Waals surface area contributed by atoms with Crippen molar-refractivity contribution in [3.63, 3.8) is 0 Å². The number of benzene rings is 2. The van der Waals surface area contributed by atoms with Crippen LogP contribution in [0.2, 0.25) is 0 Å². The molecule has 1 heterocycles. The van der Waals surface area contributed by atoms with Gasteiger partial charge in [-0.25, -0.2) is 0 Å². The van der Waals surface area contributed by atoms with E-state index in [1.165, 1.54) is 0 Å². The minimum atomic E-state index is -4.53. The highest BCUT2D eigenvalue weighted by atomic mass is 19.4. The number of nitrogens with one attached hydrogen (secondary N) is 1. The van der Waals surface area contributed by atoms with Gasteiger partial charge in [-0.05, 0) is 81.1 Å². The van der Waals surface area contributed by atoms with Gasteiger partial charge in [0, 0.05) is 36.8 Å². The fraction of sp³-hybridized carbons (Fsp3) is 0.500. The van der Waals surface area contributed by atoms with Crippen LogP contribution < -0.4 is 10.2 Å². The number of amides is 2. The Bertz CT molecular complexity index is 1070. The first-order valence-electron chi connectivity index (χ1n) is 12.5. The molecule has 0 radical (unpaired) electrons. The summed E-state index contributed by atoms with van der Waals surface area (Å²) in [5.41, 5.74) is 2.52. The Hall–Kier alpha value is -2.87. The molecular weight excluding hydrogens is 467 g/mol. The summed E-state index contributed by atoms with van der Waals surface area (Å²) >= 11 is 0. The van der Waals surface area contributed by atoms with E-state index in [9.17, 15) is 22.8 Å². The van der Waals surface area contributed by atoms with Crippen LogP contribution in [0.1, 0.15) is 55.4 Å². The summed E-state index contributed by atoms with van der Waals surface area (Å²) in [5, 5.41) is 2.68. The minimum Gasteiger partial charge on any atom is -0.326 e. The SMILES string of the molecule is CCC(C(=O)Nc1cc(CN2CCCC2)cc(C(F)(F)F)c1)C(C)C(=O)N(C)c1c(C)cccc1C. The van der Waals surface area contributed by atoms with Crippen LogP contribution in [-0.4, -0.2) is 36.9 Å². The van der Waals surface area contributed by atoms with Crippen LogP contribution >= 0.6 is 0 Å². The lowest BCUT2D eigenvalue weighted by Gasteiger charge is -2.28. The maximum atomic E-state index is 13.6. The Labute approximate surface area is 211 Å². The number of likely N-dealkylation sites (tertiary alicyclic amines) is 1. The van der Waals surface area contributed by atoms with Gasteiger partial charge in [-0.15, -0.1) is 0 Å². The highest BCUT2D eigenvalue weighted by Crippen LogP contribution is 2.33. The number of aryl methyl sites for hydroxylation is 2. The summed E-state index contributed by atoms with van der Waals surface area (Å²) in [6.07, 6.45) is -2.09. The average molecular weight is 504 g/mol. The number of anilines is 2. The average Bonchev–Trinajstić information content (AvgIpc) is 3.31. The first kappa shape index (κ1) is 27.7. The zero-order chi connectivity index (χ0) is 26.6.